The van der Waals surface area contributed by atoms with Crippen molar-refractivity contribution in [1.82, 2.24) is 15.3 Å². The van der Waals surface area contributed by atoms with Crippen LogP contribution < -0.4 is 15.0 Å². The van der Waals surface area contributed by atoms with Crippen LogP contribution in [0, 0.1) is 0 Å². The van der Waals surface area contributed by atoms with Crippen molar-refractivity contribution < 1.29 is 9.53 Å². The Bertz CT molecular complexity index is 687. The Morgan fingerprint density at radius 3 is 2.72 bits per heavy atom. The number of rotatable bonds is 6. The van der Waals surface area contributed by atoms with Gasteiger partial charge in [0.1, 0.15) is 5.75 Å². The molecule has 1 N–H and O–H groups in total. The van der Waals surface area contributed by atoms with Gasteiger partial charge >= 0.3 is 0 Å². The molecule has 0 saturated carbocycles. The van der Waals surface area contributed by atoms with Crippen LogP contribution in [0.5, 0.6) is 5.75 Å². The van der Waals surface area contributed by atoms with Crippen LogP contribution in [0.25, 0.3) is 0 Å². The van der Waals surface area contributed by atoms with Crippen molar-refractivity contribution in [1.29, 1.82) is 0 Å². The quantitative estimate of drug-likeness (QED) is 0.875. The number of nitrogens with zero attached hydrogens (tertiary/aromatic N) is 3. The summed E-state index contributed by atoms with van der Waals surface area (Å²) in [6.45, 7) is 4.10. The highest BCUT2D eigenvalue weighted by Crippen LogP contribution is 2.15. The number of anilines is 1. The lowest BCUT2D eigenvalue weighted by atomic mass is 10.1. The summed E-state index contributed by atoms with van der Waals surface area (Å²) in [5.74, 6) is 1.27. The van der Waals surface area contributed by atoms with Gasteiger partial charge in [-0.2, -0.15) is 0 Å². The van der Waals surface area contributed by atoms with E-state index in [1.807, 2.05) is 36.4 Å². The van der Waals surface area contributed by atoms with Gasteiger partial charge in [-0.3, -0.25) is 4.79 Å². The van der Waals surface area contributed by atoms with Gasteiger partial charge in [-0.15, -0.1) is 0 Å². The van der Waals surface area contributed by atoms with E-state index < -0.39 is 6.10 Å². The summed E-state index contributed by atoms with van der Waals surface area (Å²) in [7, 11) is 0. The van der Waals surface area contributed by atoms with Crippen LogP contribution in [0.3, 0.4) is 0 Å². The molecule has 1 aromatic carbocycles. The zero-order valence-corrected chi connectivity index (χ0v) is 14.5. The lowest BCUT2D eigenvalue weighted by Crippen LogP contribution is -2.36. The van der Waals surface area contributed by atoms with Gasteiger partial charge in [0.2, 0.25) is 5.95 Å². The van der Waals surface area contributed by atoms with E-state index in [9.17, 15) is 4.79 Å². The first-order valence-electron chi connectivity index (χ1n) is 8.78. The highest BCUT2D eigenvalue weighted by atomic mass is 16.5. The summed E-state index contributed by atoms with van der Waals surface area (Å²) >= 11 is 0. The molecule has 6 heteroatoms. The van der Waals surface area contributed by atoms with Crippen LogP contribution in [-0.2, 0) is 11.3 Å². The zero-order chi connectivity index (χ0) is 17.5. The first-order chi connectivity index (χ1) is 12.2. The molecule has 1 saturated heterocycles. The molecule has 132 valence electrons. The molecule has 1 atom stereocenters. The summed E-state index contributed by atoms with van der Waals surface area (Å²) in [5, 5.41) is 2.88. The Hall–Kier alpha value is -2.63. The van der Waals surface area contributed by atoms with Crippen molar-refractivity contribution in [3.05, 3.63) is 48.3 Å². The Morgan fingerprint density at radius 2 is 1.96 bits per heavy atom. The predicted octanol–water partition coefficient (Wildman–Crippen LogP) is 2.55. The second kappa shape index (κ2) is 8.46. The molecule has 6 nitrogen and oxygen atoms in total. The normalized spacial score (nSPS) is 15.5. The van der Waals surface area contributed by atoms with Crippen molar-refractivity contribution in [2.24, 2.45) is 0 Å². The van der Waals surface area contributed by atoms with Crippen LogP contribution in [-0.4, -0.2) is 35.1 Å². The molecule has 0 radical (unpaired) electrons. The van der Waals surface area contributed by atoms with E-state index in [0.717, 1.165) is 24.7 Å². The number of hydrogen-bond donors (Lipinski definition) is 1. The minimum absolute atomic E-state index is 0.165. The number of benzene rings is 1. The summed E-state index contributed by atoms with van der Waals surface area (Å²) in [6, 6.07) is 11.2. The molecule has 0 bridgehead atoms. The van der Waals surface area contributed by atoms with Crippen molar-refractivity contribution in [2.75, 3.05) is 18.0 Å². The number of ether oxygens (including phenoxy) is 1. The van der Waals surface area contributed by atoms with E-state index in [0.29, 0.717) is 12.3 Å². The SMILES string of the molecule is C[C@H](Oc1ccccc1)C(=O)NCc1ccnc(N2CCCCC2)n1. The Labute approximate surface area is 148 Å². The van der Waals surface area contributed by atoms with Gasteiger partial charge in [-0.25, -0.2) is 9.97 Å². The van der Waals surface area contributed by atoms with Crippen molar-refractivity contribution in [3.8, 4) is 5.75 Å². The predicted molar refractivity (Wildman–Crippen MR) is 96.5 cm³/mol. The number of carbonyl (C=O) groups is 1. The number of carbonyl (C=O) groups excluding carboxylic acids is 1. The topological polar surface area (TPSA) is 67.3 Å². The van der Waals surface area contributed by atoms with E-state index in [4.69, 9.17) is 4.74 Å². The molecule has 1 amide bonds. The summed E-state index contributed by atoms with van der Waals surface area (Å²) in [5.41, 5.74) is 0.802. The monoisotopic (exact) mass is 340 g/mol. The second-order valence-electron chi connectivity index (χ2n) is 6.19. The molecule has 2 heterocycles. The maximum Gasteiger partial charge on any atom is 0.261 e. The first-order valence-corrected chi connectivity index (χ1v) is 8.78. The van der Waals surface area contributed by atoms with Gasteiger partial charge in [-0.1, -0.05) is 18.2 Å². The molecule has 1 aliphatic heterocycles. The largest absolute Gasteiger partial charge is 0.481 e. The smallest absolute Gasteiger partial charge is 0.261 e. The van der Waals surface area contributed by atoms with Gasteiger partial charge in [-0.05, 0) is 44.4 Å². The van der Waals surface area contributed by atoms with E-state index in [1.165, 1.54) is 19.3 Å². The van der Waals surface area contributed by atoms with Crippen LogP contribution in [0.1, 0.15) is 31.9 Å². The van der Waals surface area contributed by atoms with E-state index in [-0.39, 0.29) is 5.91 Å². The highest BCUT2D eigenvalue weighted by molar-refractivity contribution is 5.80. The van der Waals surface area contributed by atoms with Crippen molar-refractivity contribution >= 4 is 11.9 Å². The third-order valence-corrected chi connectivity index (χ3v) is 4.21. The minimum Gasteiger partial charge on any atom is -0.481 e. The van der Waals surface area contributed by atoms with Crippen LogP contribution in [0.15, 0.2) is 42.6 Å². The maximum absolute atomic E-state index is 12.2. The average molecular weight is 340 g/mol. The van der Waals surface area contributed by atoms with Gasteiger partial charge in [0.25, 0.3) is 5.91 Å². The number of nitrogens with one attached hydrogen (secondary N) is 1. The van der Waals surface area contributed by atoms with E-state index in [1.54, 1.807) is 13.1 Å². The molecule has 1 aliphatic rings. The van der Waals surface area contributed by atoms with E-state index in [2.05, 4.69) is 20.2 Å². The molecule has 0 aliphatic carbocycles. The average Bonchev–Trinajstić information content (AvgIpc) is 2.68. The zero-order valence-electron chi connectivity index (χ0n) is 14.5. The van der Waals surface area contributed by atoms with E-state index >= 15 is 0 Å². The van der Waals surface area contributed by atoms with Crippen LogP contribution in [0.2, 0.25) is 0 Å². The number of aromatic nitrogens is 2. The van der Waals surface area contributed by atoms with Crippen molar-refractivity contribution in [3.63, 3.8) is 0 Å². The molecule has 0 unspecified atom stereocenters. The van der Waals surface area contributed by atoms with Gasteiger partial charge < -0.3 is 15.0 Å². The fraction of sp³-hybridized carbons (Fsp3) is 0.421. The lowest BCUT2D eigenvalue weighted by molar-refractivity contribution is -0.127. The summed E-state index contributed by atoms with van der Waals surface area (Å²) in [6.07, 6.45) is 4.82. The molecular formula is C19H24N4O2. The van der Waals surface area contributed by atoms with Crippen LogP contribution >= 0.6 is 0 Å². The summed E-state index contributed by atoms with van der Waals surface area (Å²) in [4.78, 5) is 23.4. The van der Waals surface area contributed by atoms with Gasteiger partial charge in [0, 0.05) is 19.3 Å². The minimum atomic E-state index is -0.564. The summed E-state index contributed by atoms with van der Waals surface area (Å²) < 4.78 is 5.63. The van der Waals surface area contributed by atoms with Crippen LogP contribution in [0.4, 0.5) is 5.95 Å². The maximum atomic E-state index is 12.2. The number of amides is 1. The Morgan fingerprint density at radius 1 is 1.20 bits per heavy atom. The number of hydrogen-bond acceptors (Lipinski definition) is 5. The molecule has 2 aromatic rings. The molecular weight excluding hydrogens is 316 g/mol. The molecule has 25 heavy (non-hydrogen) atoms. The number of piperidine rings is 1. The molecule has 0 spiro atoms. The highest BCUT2D eigenvalue weighted by Gasteiger charge is 2.16. The molecule has 3 rings (SSSR count). The van der Waals surface area contributed by atoms with Gasteiger partial charge in [0.05, 0.1) is 12.2 Å². The number of para-hydroxylation sites is 1. The van der Waals surface area contributed by atoms with Gasteiger partial charge in [0.15, 0.2) is 6.10 Å². The Kier molecular flexibility index (Phi) is 5.82. The molecule has 1 aromatic heterocycles. The third kappa shape index (κ3) is 4.92. The van der Waals surface area contributed by atoms with Crippen molar-refractivity contribution in [2.45, 2.75) is 38.8 Å². The second-order valence-corrected chi connectivity index (χ2v) is 6.19. The Balaban J connectivity index is 1.53. The third-order valence-electron chi connectivity index (χ3n) is 4.21. The standard InChI is InChI=1S/C19H24N4O2/c1-15(25-17-8-4-2-5-9-17)18(24)21-14-16-10-11-20-19(22-16)23-12-6-3-7-13-23/h2,4-5,8-11,15H,3,6-7,12-14H2,1H3,(H,21,24)/t15-/m0/s1. The molecule has 1 fully saturated rings. The lowest BCUT2D eigenvalue weighted by Gasteiger charge is -2.26. The first kappa shape index (κ1) is 17.2. The fourth-order valence-corrected chi connectivity index (χ4v) is 2.81. The fourth-order valence-electron chi connectivity index (χ4n) is 2.81.